The van der Waals surface area contributed by atoms with Crippen LogP contribution in [0.1, 0.15) is 18.9 Å². The quantitative estimate of drug-likeness (QED) is 0.851. The Balaban J connectivity index is 0.00000225. The van der Waals surface area contributed by atoms with Gasteiger partial charge in [0.1, 0.15) is 17.3 Å². The molecule has 6 heteroatoms. The first-order chi connectivity index (χ1) is 11.5. The van der Waals surface area contributed by atoms with Crippen molar-refractivity contribution in [2.75, 3.05) is 13.1 Å². The van der Waals surface area contributed by atoms with Gasteiger partial charge in [-0.1, -0.05) is 12.1 Å². The third-order valence-corrected chi connectivity index (χ3v) is 4.34. The Morgan fingerprint density at radius 1 is 1.16 bits per heavy atom. The number of hydrogen-bond donors (Lipinski definition) is 2. The van der Waals surface area contributed by atoms with Crippen LogP contribution in [0.15, 0.2) is 48.5 Å². The van der Waals surface area contributed by atoms with Gasteiger partial charge in [-0.3, -0.25) is 4.79 Å². The van der Waals surface area contributed by atoms with Crippen molar-refractivity contribution in [2.24, 2.45) is 5.41 Å². The maximum Gasteiger partial charge on any atom is 0.227 e. The van der Waals surface area contributed by atoms with E-state index in [-0.39, 0.29) is 29.5 Å². The fraction of sp³-hybridized carbons (Fsp3) is 0.316. The minimum atomic E-state index is -0.314. The average molecular weight is 365 g/mol. The predicted molar refractivity (Wildman–Crippen MR) is 97.6 cm³/mol. The molecule has 1 fully saturated rings. The second kappa shape index (κ2) is 8.32. The van der Waals surface area contributed by atoms with Crippen molar-refractivity contribution in [3.8, 4) is 11.5 Å². The number of amides is 1. The zero-order chi connectivity index (χ0) is 17.0. The summed E-state index contributed by atoms with van der Waals surface area (Å²) in [6, 6.07) is 13.4. The summed E-state index contributed by atoms with van der Waals surface area (Å²) < 4.78 is 18.5. The molecule has 0 aliphatic carbocycles. The summed E-state index contributed by atoms with van der Waals surface area (Å²) in [6.45, 7) is 4.09. The van der Waals surface area contributed by atoms with E-state index in [4.69, 9.17) is 4.74 Å². The number of nitrogens with one attached hydrogen (secondary N) is 2. The molecule has 134 valence electrons. The van der Waals surface area contributed by atoms with Crippen LogP contribution in [0.3, 0.4) is 0 Å². The third-order valence-electron chi connectivity index (χ3n) is 4.34. The number of carbonyl (C=O) groups is 1. The molecule has 0 aromatic heterocycles. The first-order valence-corrected chi connectivity index (χ1v) is 8.07. The Hall–Kier alpha value is -2.11. The lowest BCUT2D eigenvalue weighted by Gasteiger charge is -2.21. The first kappa shape index (κ1) is 19.2. The molecule has 1 aliphatic rings. The van der Waals surface area contributed by atoms with Gasteiger partial charge in [0, 0.05) is 13.1 Å². The minimum Gasteiger partial charge on any atom is -0.457 e. The molecule has 4 nitrogen and oxygen atoms in total. The van der Waals surface area contributed by atoms with Crippen LogP contribution in [0.4, 0.5) is 4.39 Å². The van der Waals surface area contributed by atoms with Gasteiger partial charge in [0.2, 0.25) is 5.91 Å². The van der Waals surface area contributed by atoms with Crippen molar-refractivity contribution >= 4 is 18.3 Å². The number of ether oxygens (including phenoxy) is 1. The van der Waals surface area contributed by atoms with Gasteiger partial charge >= 0.3 is 0 Å². The average Bonchev–Trinajstić information content (AvgIpc) is 3.04. The highest BCUT2D eigenvalue weighted by atomic mass is 35.5. The monoisotopic (exact) mass is 364 g/mol. The molecule has 0 saturated carbocycles. The molecular weight excluding hydrogens is 343 g/mol. The van der Waals surface area contributed by atoms with Crippen LogP contribution in [-0.4, -0.2) is 19.0 Å². The maximum atomic E-state index is 12.9. The molecule has 3 rings (SSSR count). The highest BCUT2D eigenvalue weighted by Crippen LogP contribution is 2.25. The summed E-state index contributed by atoms with van der Waals surface area (Å²) in [4.78, 5) is 12.3. The Morgan fingerprint density at radius 2 is 1.76 bits per heavy atom. The molecule has 2 aromatic carbocycles. The highest BCUT2D eigenvalue weighted by Gasteiger charge is 2.35. The second-order valence-corrected chi connectivity index (χ2v) is 6.37. The van der Waals surface area contributed by atoms with Gasteiger partial charge in [-0.25, -0.2) is 4.39 Å². The molecule has 2 aromatic rings. The summed E-state index contributed by atoms with van der Waals surface area (Å²) in [6.07, 6.45) is 0.864. The highest BCUT2D eigenvalue weighted by molar-refractivity contribution is 5.85. The standard InChI is InChI=1S/C19H21FN2O2.ClH/c1-19(10-11-21-13-19)18(23)22-12-14-2-6-16(7-3-14)24-17-8-4-15(20)5-9-17;/h2-9,21H,10-13H2,1H3,(H,22,23);1H. The number of benzene rings is 2. The second-order valence-electron chi connectivity index (χ2n) is 6.37. The van der Waals surface area contributed by atoms with Crippen LogP contribution in [0.2, 0.25) is 0 Å². The molecule has 1 atom stereocenters. The third kappa shape index (κ3) is 4.94. The van der Waals surface area contributed by atoms with Crippen LogP contribution in [0.25, 0.3) is 0 Å². The van der Waals surface area contributed by atoms with E-state index in [2.05, 4.69) is 10.6 Å². The van der Waals surface area contributed by atoms with Crippen molar-refractivity contribution < 1.29 is 13.9 Å². The fourth-order valence-electron chi connectivity index (χ4n) is 2.72. The van der Waals surface area contributed by atoms with Crippen molar-refractivity contribution in [3.05, 3.63) is 59.9 Å². The number of halogens is 2. The molecular formula is C19H22ClFN2O2. The van der Waals surface area contributed by atoms with E-state index < -0.39 is 0 Å². The van der Waals surface area contributed by atoms with E-state index in [0.29, 0.717) is 18.0 Å². The molecule has 1 unspecified atom stereocenters. The van der Waals surface area contributed by atoms with Gasteiger partial charge in [0.05, 0.1) is 5.41 Å². The van der Waals surface area contributed by atoms with Gasteiger partial charge in [-0.2, -0.15) is 0 Å². The van der Waals surface area contributed by atoms with Gasteiger partial charge in [-0.15, -0.1) is 12.4 Å². The molecule has 2 N–H and O–H groups in total. The Labute approximate surface area is 153 Å². The van der Waals surface area contributed by atoms with Crippen LogP contribution >= 0.6 is 12.4 Å². The molecule has 1 saturated heterocycles. The normalized spacial score (nSPS) is 19.1. The van der Waals surface area contributed by atoms with Gasteiger partial charge in [-0.05, 0) is 61.9 Å². The van der Waals surface area contributed by atoms with E-state index in [1.165, 1.54) is 12.1 Å². The smallest absolute Gasteiger partial charge is 0.227 e. The van der Waals surface area contributed by atoms with E-state index in [1.807, 2.05) is 31.2 Å². The summed E-state index contributed by atoms with van der Waals surface area (Å²) >= 11 is 0. The van der Waals surface area contributed by atoms with E-state index in [0.717, 1.165) is 25.1 Å². The minimum absolute atomic E-state index is 0. The van der Waals surface area contributed by atoms with Crippen molar-refractivity contribution in [1.29, 1.82) is 0 Å². The zero-order valence-electron chi connectivity index (χ0n) is 14.0. The molecule has 1 aliphatic heterocycles. The van der Waals surface area contributed by atoms with Crippen LogP contribution in [0.5, 0.6) is 11.5 Å². The Morgan fingerprint density at radius 3 is 2.32 bits per heavy atom. The molecule has 0 radical (unpaired) electrons. The lowest BCUT2D eigenvalue weighted by molar-refractivity contribution is -0.129. The Bertz CT molecular complexity index is 698. The van der Waals surface area contributed by atoms with Crippen molar-refractivity contribution in [2.45, 2.75) is 19.9 Å². The number of hydrogen-bond acceptors (Lipinski definition) is 3. The van der Waals surface area contributed by atoms with E-state index >= 15 is 0 Å². The summed E-state index contributed by atoms with van der Waals surface area (Å²) in [5.41, 5.74) is 0.690. The lowest BCUT2D eigenvalue weighted by Crippen LogP contribution is -2.39. The lowest BCUT2D eigenvalue weighted by atomic mass is 9.89. The van der Waals surface area contributed by atoms with Crippen molar-refractivity contribution in [3.63, 3.8) is 0 Å². The van der Waals surface area contributed by atoms with Gasteiger partial charge in [0.15, 0.2) is 0 Å². The van der Waals surface area contributed by atoms with Crippen LogP contribution < -0.4 is 15.4 Å². The van der Waals surface area contributed by atoms with Gasteiger partial charge < -0.3 is 15.4 Å². The first-order valence-electron chi connectivity index (χ1n) is 8.07. The molecule has 1 amide bonds. The largest absolute Gasteiger partial charge is 0.457 e. The fourth-order valence-corrected chi connectivity index (χ4v) is 2.72. The summed E-state index contributed by atoms with van der Waals surface area (Å²) in [7, 11) is 0. The molecule has 25 heavy (non-hydrogen) atoms. The molecule has 0 spiro atoms. The van der Waals surface area contributed by atoms with Gasteiger partial charge in [0.25, 0.3) is 0 Å². The maximum absolute atomic E-state index is 12.9. The van der Waals surface area contributed by atoms with Crippen LogP contribution in [-0.2, 0) is 11.3 Å². The topological polar surface area (TPSA) is 50.4 Å². The van der Waals surface area contributed by atoms with Crippen LogP contribution in [0, 0.1) is 11.2 Å². The summed E-state index contributed by atoms with van der Waals surface area (Å²) in [5.74, 6) is 1.04. The number of carbonyl (C=O) groups excluding carboxylic acids is 1. The predicted octanol–water partition coefficient (Wildman–Crippen LogP) is 3.66. The summed E-state index contributed by atoms with van der Waals surface area (Å²) in [5, 5.41) is 6.22. The van der Waals surface area contributed by atoms with E-state index in [1.54, 1.807) is 12.1 Å². The number of rotatable bonds is 5. The molecule has 1 heterocycles. The Kier molecular flexibility index (Phi) is 6.39. The SMILES string of the molecule is CC1(C(=O)NCc2ccc(Oc3ccc(F)cc3)cc2)CCNC1.Cl. The van der Waals surface area contributed by atoms with E-state index in [9.17, 15) is 9.18 Å². The zero-order valence-corrected chi connectivity index (χ0v) is 14.9. The molecule has 0 bridgehead atoms. The van der Waals surface area contributed by atoms with Crippen molar-refractivity contribution in [1.82, 2.24) is 10.6 Å².